The van der Waals surface area contributed by atoms with E-state index in [9.17, 15) is 14.0 Å². The smallest absolute Gasteiger partial charge is 0.297 e. The molecule has 0 aliphatic carbocycles. The number of H-pyrrole nitrogens is 1. The van der Waals surface area contributed by atoms with Crippen molar-refractivity contribution in [1.29, 1.82) is 0 Å². The van der Waals surface area contributed by atoms with Gasteiger partial charge in [0.2, 0.25) is 0 Å². The van der Waals surface area contributed by atoms with Crippen LogP contribution in [0.2, 0.25) is 10.2 Å². The van der Waals surface area contributed by atoms with Gasteiger partial charge < -0.3 is 0 Å². The first kappa shape index (κ1) is 13.8. The van der Waals surface area contributed by atoms with Crippen LogP contribution in [0.25, 0.3) is 5.69 Å². The first-order chi connectivity index (χ1) is 8.93. The number of nitrogens with zero attached hydrogens (tertiary/aromatic N) is 1. The third-order valence-electron chi connectivity index (χ3n) is 2.61. The zero-order valence-electron chi connectivity index (χ0n) is 9.84. The fraction of sp³-hybridized carbons (Fsp3) is 0.167. The van der Waals surface area contributed by atoms with Crippen LogP contribution in [0.5, 0.6) is 0 Å². The second kappa shape index (κ2) is 5.19. The molecule has 2 aromatic rings. The van der Waals surface area contributed by atoms with Crippen molar-refractivity contribution < 1.29 is 4.39 Å². The molecule has 2 rings (SSSR count). The largest absolute Gasteiger partial charge is 0.334 e. The van der Waals surface area contributed by atoms with Crippen molar-refractivity contribution in [2.45, 2.75) is 13.3 Å². The fourth-order valence-electron chi connectivity index (χ4n) is 1.76. The van der Waals surface area contributed by atoms with Crippen molar-refractivity contribution in [3.8, 4) is 5.69 Å². The van der Waals surface area contributed by atoms with Gasteiger partial charge in [-0.2, -0.15) is 0 Å². The summed E-state index contributed by atoms with van der Waals surface area (Å²) in [5.41, 5.74) is -1.02. The van der Waals surface area contributed by atoms with Gasteiger partial charge in [0.05, 0.1) is 11.3 Å². The highest BCUT2D eigenvalue weighted by atomic mass is 35.5. The number of aromatic nitrogens is 2. The highest BCUT2D eigenvalue weighted by Crippen LogP contribution is 2.16. The highest BCUT2D eigenvalue weighted by Gasteiger charge is 2.13. The highest BCUT2D eigenvalue weighted by molar-refractivity contribution is 6.30. The molecule has 0 spiro atoms. The summed E-state index contributed by atoms with van der Waals surface area (Å²) in [6, 6.07) is 3.46. The number of hydrogen-bond donors (Lipinski definition) is 1. The predicted octanol–water partition coefficient (Wildman–Crippen LogP) is 2.53. The monoisotopic (exact) mass is 302 g/mol. The van der Waals surface area contributed by atoms with Gasteiger partial charge in [0, 0.05) is 5.02 Å². The van der Waals surface area contributed by atoms with Gasteiger partial charge in [-0.05, 0) is 24.6 Å². The van der Waals surface area contributed by atoms with Crippen LogP contribution >= 0.6 is 23.2 Å². The number of nitrogens with one attached hydrogen (secondary N) is 1. The number of hydrogen-bond acceptors (Lipinski definition) is 2. The number of rotatable bonds is 2. The Balaban J connectivity index is 2.83. The molecule has 19 heavy (non-hydrogen) atoms. The van der Waals surface area contributed by atoms with Gasteiger partial charge in [-0.15, -0.1) is 0 Å². The summed E-state index contributed by atoms with van der Waals surface area (Å²) in [6.45, 7) is 1.73. The predicted molar refractivity (Wildman–Crippen MR) is 72.0 cm³/mol. The van der Waals surface area contributed by atoms with Gasteiger partial charge in [-0.25, -0.2) is 13.8 Å². The van der Waals surface area contributed by atoms with Crippen molar-refractivity contribution in [2.24, 2.45) is 0 Å². The van der Waals surface area contributed by atoms with Gasteiger partial charge in [-0.1, -0.05) is 30.1 Å². The van der Waals surface area contributed by atoms with Crippen LogP contribution in [0.3, 0.4) is 0 Å². The summed E-state index contributed by atoms with van der Waals surface area (Å²) in [5, 5.41) is 0.0885. The lowest BCUT2D eigenvalue weighted by Gasteiger charge is -2.08. The molecule has 0 unspecified atom stereocenters. The van der Waals surface area contributed by atoms with E-state index >= 15 is 0 Å². The molecule has 0 amide bonds. The normalized spacial score (nSPS) is 10.7. The average molecular weight is 303 g/mol. The minimum atomic E-state index is -0.742. The molecule has 1 N–H and O–H groups in total. The SMILES string of the molecule is CCc1c(Cl)[nH]c(=O)n(-c2cc(F)cc(Cl)c2)c1=O. The van der Waals surface area contributed by atoms with Crippen LogP contribution in [-0.4, -0.2) is 9.55 Å². The number of benzene rings is 1. The molecule has 1 heterocycles. The van der Waals surface area contributed by atoms with Crippen LogP contribution in [0.15, 0.2) is 27.8 Å². The molecule has 1 aromatic heterocycles. The van der Waals surface area contributed by atoms with Gasteiger partial charge in [-0.3, -0.25) is 9.78 Å². The van der Waals surface area contributed by atoms with Crippen molar-refractivity contribution in [1.82, 2.24) is 9.55 Å². The second-order valence-corrected chi connectivity index (χ2v) is 4.66. The van der Waals surface area contributed by atoms with Gasteiger partial charge in [0.15, 0.2) is 0 Å². The van der Waals surface area contributed by atoms with Crippen molar-refractivity contribution in [3.63, 3.8) is 0 Å². The minimum absolute atomic E-state index is 0.00347. The van der Waals surface area contributed by atoms with E-state index in [4.69, 9.17) is 23.2 Å². The van der Waals surface area contributed by atoms with Gasteiger partial charge >= 0.3 is 5.69 Å². The summed E-state index contributed by atoms with van der Waals surface area (Å²) in [5.74, 6) is -0.637. The molecule has 100 valence electrons. The summed E-state index contributed by atoms with van der Waals surface area (Å²) in [7, 11) is 0. The maximum Gasteiger partial charge on any atom is 0.334 e. The molecule has 1 aromatic carbocycles. The molecule has 0 saturated heterocycles. The van der Waals surface area contributed by atoms with Crippen molar-refractivity contribution >= 4 is 23.2 Å². The lowest BCUT2D eigenvalue weighted by molar-refractivity contribution is 0.625. The lowest BCUT2D eigenvalue weighted by atomic mass is 10.2. The zero-order valence-corrected chi connectivity index (χ0v) is 11.3. The van der Waals surface area contributed by atoms with Crippen molar-refractivity contribution in [2.75, 3.05) is 0 Å². The Morgan fingerprint density at radius 1 is 1.26 bits per heavy atom. The number of aromatic amines is 1. The second-order valence-electron chi connectivity index (χ2n) is 3.84. The van der Waals surface area contributed by atoms with E-state index in [1.54, 1.807) is 6.92 Å². The molecular formula is C12H9Cl2FN2O2. The molecule has 0 atom stereocenters. The average Bonchev–Trinajstić information content (AvgIpc) is 2.27. The van der Waals surface area contributed by atoms with Crippen LogP contribution in [0.1, 0.15) is 12.5 Å². The quantitative estimate of drug-likeness (QED) is 0.867. The molecule has 0 aliphatic heterocycles. The third-order valence-corrected chi connectivity index (χ3v) is 3.15. The molecule has 0 fully saturated rings. The maximum absolute atomic E-state index is 13.3. The van der Waals surface area contributed by atoms with Crippen LogP contribution < -0.4 is 11.2 Å². The Kier molecular flexibility index (Phi) is 3.78. The van der Waals surface area contributed by atoms with Crippen molar-refractivity contribution in [3.05, 3.63) is 60.6 Å². The van der Waals surface area contributed by atoms with Crippen LogP contribution in [0, 0.1) is 5.82 Å². The molecule has 0 radical (unpaired) electrons. The standard InChI is InChI=1S/C12H9Cl2FN2O2/c1-2-9-10(14)16-12(19)17(11(9)18)8-4-6(13)3-7(15)5-8/h3-5H,2H2,1H3,(H,16,19). The molecule has 7 heteroatoms. The first-order valence-corrected chi connectivity index (χ1v) is 6.19. The lowest BCUT2D eigenvalue weighted by Crippen LogP contribution is -2.36. The van der Waals surface area contributed by atoms with E-state index < -0.39 is 17.1 Å². The molecule has 0 saturated carbocycles. The van der Waals surface area contributed by atoms with Crippen LogP contribution in [-0.2, 0) is 6.42 Å². The summed E-state index contributed by atoms with van der Waals surface area (Å²) in [6.07, 6.45) is 0.345. The topological polar surface area (TPSA) is 54.9 Å². The molecule has 0 bridgehead atoms. The fourth-order valence-corrected chi connectivity index (χ4v) is 2.27. The third kappa shape index (κ3) is 2.57. The Labute approximate surface area is 117 Å². The Morgan fingerprint density at radius 2 is 1.95 bits per heavy atom. The maximum atomic E-state index is 13.3. The van der Waals surface area contributed by atoms with E-state index in [1.165, 1.54) is 6.07 Å². The Bertz CT molecular complexity index is 732. The molecular weight excluding hydrogens is 294 g/mol. The molecule has 4 nitrogen and oxygen atoms in total. The number of halogens is 3. The van der Waals surface area contributed by atoms with E-state index in [2.05, 4.69) is 4.98 Å². The first-order valence-electron chi connectivity index (χ1n) is 5.44. The summed E-state index contributed by atoms with van der Waals surface area (Å²) < 4.78 is 14.1. The Hall–Kier alpha value is -1.59. The van der Waals surface area contributed by atoms with Crippen LogP contribution in [0.4, 0.5) is 4.39 Å². The Morgan fingerprint density at radius 3 is 2.53 bits per heavy atom. The van der Waals surface area contributed by atoms with E-state index in [0.29, 0.717) is 6.42 Å². The zero-order chi connectivity index (χ0) is 14.2. The van der Waals surface area contributed by atoms with E-state index in [-0.39, 0.29) is 21.4 Å². The van der Waals surface area contributed by atoms with Gasteiger partial charge in [0.1, 0.15) is 11.0 Å². The minimum Gasteiger partial charge on any atom is -0.297 e. The summed E-state index contributed by atoms with van der Waals surface area (Å²) in [4.78, 5) is 26.3. The van der Waals surface area contributed by atoms with Gasteiger partial charge in [0.25, 0.3) is 5.56 Å². The molecule has 0 aliphatic rings. The van der Waals surface area contributed by atoms with E-state index in [1.807, 2.05) is 0 Å². The van der Waals surface area contributed by atoms with E-state index in [0.717, 1.165) is 16.7 Å². The summed E-state index contributed by atoms with van der Waals surface area (Å²) >= 11 is 11.5.